The Kier molecular flexibility index (Phi) is 6.95. The molecule has 1 aromatic heterocycles. The Morgan fingerprint density at radius 1 is 1.11 bits per heavy atom. The molecule has 1 aliphatic heterocycles. The average molecular weight is 373 g/mol. The monoisotopic (exact) mass is 373 g/mol. The van der Waals surface area contributed by atoms with Crippen LogP contribution in [0.5, 0.6) is 0 Å². The molecular formula is C20H28FN5O. The zero-order valence-corrected chi connectivity index (χ0v) is 15.9. The summed E-state index contributed by atoms with van der Waals surface area (Å²) in [6.07, 6.45) is 4.12. The van der Waals surface area contributed by atoms with Crippen LogP contribution in [0, 0.1) is 12.7 Å². The topological polar surface area (TPSA) is 53.4 Å². The smallest absolute Gasteiger partial charge is 0.221 e. The van der Waals surface area contributed by atoms with Crippen molar-refractivity contribution < 1.29 is 9.18 Å². The second-order valence-electron chi connectivity index (χ2n) is 7.01. The van der Waals surface area contributed by atoms with E-state index in [4.69, 9.17) is 0 Å². The van der Waals surface area contributed by atoms with Crippen LogP contribution < -0.4 is 5.32 Å². The Labute approximate surface area is 160 Å². The van der Waals surface area contributed by atoms with Gasteiger partial charge in [-0.2, -0.15) is 0 Å². The maximum absolute atomic E-state index is 13.0. The second kappa shape index (κ2) is 9.62. The summed E-state index contributed by atoms with van der Waals surface area (Å²) in [5.74, 6) is 0.824. The third-order valence-corrected chi connectivity index (χ3v) is 5.04. The molecule has 7 heteroatoms. The van der Waals surface area contributed by atoms with Crippen LogP contribution in [0.25, 0.3) is 0 Å². The zero-order chi connectivity index (χ0) is 19.1. The van der Waals surface area contributed by atoms with Gasteiger partial charge in [-0.15, -0.1) is 0 Å². The predicted molar refractivity (Wildman–Crippen MR) is 103 cm³/mol. The minimum Gasteiger partial charge on any atom is -0.355 e. The van der Waals surface area contributed by atoms with Crippen LogP contribution in [-0.4, -0.2) is 64.5 Å². The molecule has 0 bridgehead atoms. The SMILES string of the molecule is Cc1nccn1CCC(=O)NCCN1CCN(Cc2ccc(F)cc2)CC1. The van der Waals surface area contributed by atoms with Gasteiger partial charge in [-0.3, -0.25) is 14.6 Å². The number of nitrogens with one attached hydrogen (secondary N) is 1. The number of piperazine rings is 1. The molecule has 1 saturated heterocycles. The standard InChI is InChI=1S/C20H28FN5O/c1-17-22-8-11-26(17)9-6-20(27)23-7-10-24-12-14-25(15-13-24)16-18-2-4-19(21)5-3-18/h2-5,8,11H,6-7,9-10,12-16H2,1H3,(H,23,27). The molecule has 27 heavy (non-hydrogen) atoms. The maximum Gasteiger partial charge on any atom is 0.221 e. The first-order valence-corrected chi connectivity index (χ1v) is 9.54. The van der Waals surface area contributed by atoms with Crippen molar-refractivity contribution in [1.82, 2.24) is 24.7 Å². The van der Waals surface area contributed by atoms with Crippen molar-refractivity contribution in [3.8, 4) is 0 Å². The first-order valence-electron chi connectivity index (χ1n) is 9.54. The molecule has 1 aromatic carbocycles. The van der Waals surface area contributed by atoms with Gasteiger partial charge in [-0.1, -0.05) is 12.1 Å². The molecule has 6 nitrogen and oxygen atoms in total. The van der Waals surface area contributed by atoms with Gasteiger partial charge < -0.3 is 9.88 Å². The summed E-state index contributed by atoms with van der Waals surface area (Å²) in [5.41, 5.74) is 1.14. The van der Waals surface area contributed by atoms with Gasteiger partial charge >= 0.3 is 0 Å². The lowest BCUT2D eigenvalue weighted by molar-refractivity contribution is -0.121. The third-order valence-electron chi connectivity index (χ3n) is 5.04. The summed E-state index contributed by atoms with van der Waals surface area (Å²) >= 11 is 0. The number of imidazole rings is 1. The molecular weight excluding hydrogens is 345 g/mol. The van der Waals surface area contributed by atoms with Crippen molar-refractivity contribution in [3.05, 3.63) is 53.9 Å². The van der Waals surface area contributed by atoms with Crippen LogP contribution >= 0.6 is 0 Å². The number of carbonyl (C=O) groups excluding carboxylic acids is 1. The number of halogens is 1. The molecule has 2 heterocycles. The summed E-state index contributed by atoms with van der Waals surface area (Å²) < 4.78 is 15.0. The number of benzene rings is 1. The molecule has 1 aliphatic rings. The zero-order valence-electron chi connectivity index (χ0n) is 15.9. The molecule has 1 fully saturated rings. The van der Waals surface area contributed by atoms with Crippen molar-refractivity contribution in [1.29, 1.82) is 0 Å². The van der Waals surface area contributed by atoms with Crippen molar-refractivity contribution in [3.63, 3.8) is 0 Å². The van der Waals surface area contributed by atoms with Crippen molar-refractivity contribution in [2.45, 2.75) is 26.4 Å². The van der Waals surface area contributed by atoms with E-state index in [-0.39, 0.29) is 11.7 Å². The maximum atomic E-state index is 13.0. The molecule has 0 atom stereocenters. The molecule has 146 valence electrons. The number of rotatable bonds is 8. The number of carbonyl (C=O) groups is 1. The summed E-state index contributed by atoms with van der Waals surface area (Å²) in [6, 6.07) is 6.73. The first kappa shape index (κ1) is 19.5. The van der Waals surface area contributed by atoms with E-state index in [1.54, 1.807) is 6.20 Å². The minimum absolute atomic E-state index is 0.0815. The van der Waals surface area contributed by atoms with E-state index in [0.29, 0.717) is 19.5 Å². The Morgan fingerprint density at radius 2 is 1.81 bits per heavy atom. The number of hydrogen-bond donors (Lipinski definition) is 1. The van der Waals surface area contributed by atoms with Crippen molar-refractivity contribution in [2.75, 3.05) is 39.3 Å². The van der Waals surface area contributed by atoms with Gasteiger partial charge in [0.1, 0.15) is 11.6 Å². The number of aromatic nitrogens is 2. The summed E-state index contributed by atoms with van der Waals surface area (Å²) in [7, 11) is 0. The third kappa shape index (κ3) is 6.15. The Bertz CT molecular complexity index is 722. The molecule has 0 radical (unpaired) electrons. The van der Waals surface area contributed by atoms with E-state index in [1.807, 2.05) is 29.8 Å². The first-order chi connectivity index (χ1) is 13.1. The van der Waals surface area contributed by atoms with Crippen LogP contribution in [-0.2, 0) is 17.9 Å². The molecule has 0 unspecified atom stereocenters. The number of aryl methyl sites for hydroxylation is 2. The highest BCUT2D eigenvalue weighted by Crippen LogP contribution is 2.09. The van der Waals surface area contributed by atoms with Gasteiger partial charge in [-0.05, 0) is 24.6 Å². The van der Waals surface area contributed by atoms with Crippen LogP contribution in [0.2, 0.25) is 0 Å². The van der Waals surface area contributed by atoms with Gasteiger partial charge in [-0.25, -0.2) is 9.37 Å². The second-order valence-corrected chi connectivity index (χ2v) is 7.01. The fourth-order valence-corrected chi connectivity index (χ4v) is 3.32. The van der Waals surface area contributed by atoms with Crippen LogP contribution in [0.4, 0.5) is 4.39 Å². The number of hydrogen-bond acceptors (Lipinski definition) is 4. The molecule has 3 rings (SSSR count). The highest BCUT2D eigenvalue weighted by molar-refractivity contribution is 5.75. The number of amides is 1. The van der Waals surface area contributed by atoms with Crippen LogP contribution in [0.15, 0.2) is 36.7 Å². The van der Waals surface area contributed by atoms with Crippen molar-refractivity contribution in [2.24, 2.45) is 0 Å². The number of nitrogens with zero attached hydrogens (tertiary/aromatic N) is 4. The lowest BCUT2D eigenvalue weighted by Crippen LogP contribution is -2.48. The predicted octanol–water partition coefficient (Wildman–Crippen LogP) is 1.65. The summed E-state index contributed by atoms with van der Waals surface area (Å²) in [4.78, 5) is 20.9. The van der Waals surface area contributed by atoms with E-state index in [0.717, 1.165) is 50.7 Å². The average Bonchev–Trinajstić information content (AvgIpc) is 3.08. The molecule has 1 N–H and O–H groups in total. The quantitative estimate of drug-likeness (QED) is 0.765. The largest absolute Gasteiger partial charge is 0.355 e. The fourth-order valence-electron chi connectivity index (χ4n) is 3.32. The Morgan fingerprint density at radius 3 is 2.48 bits per heavy atom. The Hall–Kier alpha value is -2.25. The summed E-state index contributed by atoms with van der Waals surface area (Å²) in [5, 5.41) is 3.00. The highest BCUT2D eigenvalue weighted by Gasteiger charge is 2.16. The van der Waals surface area contributed by atoms with Gasteiger partial charge in [0.2, 0.25) is 5.91 Å². The molecule has 2 aromatic rings. The molecule has 1 amide bonds. The van der Waals surface area contributed by atoms with Gasteiger partial charge in [0.05, 0.1) is 0 Å². The fraction of sp³-hybridized carbons (Fsp3) is 0.500. The summed E-state index contributed by atoms with van der Waals surface area (Å²) in [6.45, 7) is 8.98. The minimum atomic E-state index is -0.189. The van der Waals surface area contributed by atoms with Crippen LogP contribution in [0.1, 0.15) is 17.8 Å². The normalized spacial score (nSPS) is 15.8. The molecule has 0 saturated carbocycles. The Balaban J connectivity index is 1.28. The lowest BCUT2D eigenvalue weighted by Gasteiger charge is -2.34. The lowest BCUT2D eigenvalue weighted by atomic mass is 10.2. The van der Waals surface area contributed by atoms with Gasteiger partial charge in [0.25, 0.3) is 0 Å². The van der Waals surface area contributed by atoms with E-state index in [1.165, 1.54) is 12.1 Å². The molecule has 0 spiro atoms. The highest BCUT2D eigenvalue weighted by atomic mass is 19.1. The van der Waals surface area contributed by atoms with Crippen LogP contribution in [0.3, 0.4) is 0 Å². The van der Waals surface area contributed by atoms with E-state index in [2.05, 4.69) is 20.1 Å². The van der Waals surface area contributed by atoms with Gasteiger partial charge in [0.15, 0.2) is 0 Å². The van der Waals surface area contributed by atoms with E-state index >= 15 is 0 Å². The van der Waals surface area contributed by atoms with E-state index in [9.17, 15) is 9.18 Å². The van der Waals surface area contributed by atoms with Gasteiger partial charge in [0, 0.05) is 71.2 Å². The van der Waals surface area contributed by atoms with E-state index < -0.39 is 0 Å². The molecule has 0 aliphatic carbocycles. The van der Waals surface area contributed by atoms with Crippen molar-refractivity contribution >= 4 is 5.91 Å².